The molecule has 0 bridgehead atoms. The lowest BCUT2D eigenvalue weighted by Gasteiger charge is -2.10. The van der Waals surface area contributed by atoms with E-state index in [4.69, 9.17) is 22.2 Å². The summed E-state index contributed by atoms with van der Waals surface area (Å²) < 4.78 is 0. The summed E-state index contributed by atoms with van der Waals surface area (Å²) in [5.41, 5.74) is 6.88. The van der Waals surface area contributed by atoms with Gasteiger partial charge >= 0.3 is 5.97 Å². The molecule has 0 amide bonds. The van der Waals surface area contributed by atoms with Gasteiger partial charge in [0, 0.05) is 10.9 Å². The summed E-state index contributed by atoms with van der Waals surface area (Å²) >= 11 is 7.19. The van der Waals surface area contributed by atoms with Crippen LogP contribution in [-0.4, -0.2) is 23.8 Å². The molecule has 0 aromatic heterocycles. The number of carbonyl (C=O) groups excluding carboxylic acids is 1. The predicted molar refractivity (Wildman–Crippen MR) is 80.4 cm³/mol. The Morgan fingerprint density at radius 1 is 1.47 bits per heavy atom. The highest BCUT2D eigenvalue weighted by Gasteiger charge is 2.10. The molecular formula is C13H17ClN2O2S. The number of nitrogens with two attached hydrogens (primary N) is 1. The lowest BCUT2D eigenvalue weighted by Crippen LogP contribution is -2.24. The summed E-state index contributed by atoms with van der Waals surface area (Å²) in [4.78, 5) is 15.8. The first-order valence-electron chi connectivity index (χ1n) is 5.79. The monoisotopic (exact) mass is 300 g/mol. The lowest BCUT2D eigenvalue weighted by molar-refractivity contribution is -0.140. The molecule has 0 unspecified atom stereocenters. The molecule has 4 nitrogen and oxygen atoms in total. The Balaban J connectivity index is 2.52. The third-order valence-electron chi connectivity index (χ3n) is 2.48. The largest absolute Gasteiger partial charge is 0.384 e. The fourth-order valence-electron chi connectivity index (χ4n) is 1.42. The van der Waals surface area contributed by atoms with Crippen LogP contribution in [0, 0.1) is 5.92 Å². The van der Waals surface area contributed by atoms with Crippen LogP contribution in [0.2, 0.25) is 5.02 Å². The molecule has 0 fully saturated rings. The van der Waals surface area contributed by atoms with Gasteiger partial charge in [0.1, 0.15) is 5.84 Å². The van der Waals surface area contributed by atoms with Crippen molar-refractivity contribution in [2.24, 2.45) is 16.8 Å². The smallest absolute Gasteiger partial charge is 0.344 e. The van der Waals surface area contributed by atoms with Crippen molar-refractivity contribution >= 4 is 35.2 Å². The fourth-order valence-corrected chi connectivity index (χ4v) is 1.83. The summed E-state index contributed by atoms with van der Waals surface area (Å²) in [6, 6.07) is 7.53. The molecule has 2 N–H and O–H groups in total. The fraction of sp³-hybridized carbons (Fsp3) is 0.385. The summed E-state index contributed by atoms with van der Waals surface area (Å²) in [6.45, 7) is 1.93. The van der Waals surface area contributed by atoms with Crippen LogP contribution in [-0.2, 0) is 16.1 Å². The van der Waals surface area contributed by atoms with E-state index < -0.39 is 5.97 Å². The number of nitrogens with zero attached hydrogens (tertiary/aromatic N) is 1. The number of hydrogen-bond donors (Lipinski definition) is 1. The molecule has 0 saturated heterocycles. The SMILES string of the molecule is CSCC(=O)O/N=C(\N)[C@@H](C)Cc1ccc(Cl)cc1. The van der Waals surface area contributed by atoms with Gasteiger partial charge in [-0.3, -0.25) is 0 Å². The highest BCUT2D eigenvalue weighted by atomic mass is 35.5. The van der Waals surface area contributed by atoms with Crippen molar-refractivity contribution in [2.75, 3.05) is 12.0 Å². The molecule has 6 heteroatoms. The Kier molecular flexibility index (Phi) is 6.73. The van der Waals surface area contributed by atoms with E-state index in [2.05, 4.69) is 5.16 Å². The number of carbonyl (C=O) groups is 1. The lowest BCUT2D eigenvalue weighted by atomic mass is 10.0. The van der Waals surface area contributed by atoms with Crippen LogP contribution in [0.3, 0.4) is 0 Å². The third kappa shape index (κ3) is 5.98. The van der Waals surface area contributed by atoms with E-state index in [1.807, 2.05) is 37.4 Å². The number of rotatable bonds is 6. The Bertz CT molecular complexity index is 448. The van der Waals surface area contributed by atoms with E-state index in [-0.39, 0.29) is 11.7 Å². The molecule has 0 heterocycles. The quantitative estimate of drug-likeness (QED) is 0.380. The van der Waals surface area contributed by atoms with Crippen LogP contribution in [0.4, 0.5) is 0 Å². The van der Waals surface area contributed by atoms with E-state index in [1.165, 1.54) is 11.8 Å². The minimum Gasteiger partial charge on any atom is -0.384 e. The molecule has 0 aliphatic rings. The van der Waals surface area contributed by atoms with E-state index in [0.717, 1.165) is 5.56 Å². The first-order chi connectivity index (χ1) is 9.02. The van der Waals surface area contributed by atoms with Crippen molar-refractivity contribution in [3.8, 4) is 0 Å². The maximum Gasteiger partial charge on any atom is 0.344 e. The minimum absolute atomic E-state index is 0.0109. The zero-order valence-electron chi connectivity index (χ0n) is 10.9. The first kappa shape index (κ1) is 15.9. The van der Waals surface area contributed by atoms with Gasteiger partial charge in [0.25, 0.3) is 0 Å². The summed E-state index contributed by atoms with van der Waals surface area (Å²) in [6.07, 6.45) is 2.53. The predicted octanol–water partition coefficient (Wildman–Crippen LogP) is 2.70. The highest BCUT2D eigenvalue weighted by Crippen LogP contribution is 2.13. The van der Waals surface area contributed by atoms with Gasteiger partial charge in [0.2, 0.25) is 0 Å². The Labute approximate surface area is 122 Å². The van der Waals surface area contributed by atoms with Gasteiger partial charge in [-0.15, -0.1) is 0 Å². The molecule has 1 aromatic rings. The van der Waals surface area contributed by atoms with Crippen LogP contribution < -0.4 is 5.73 Å². The van der Waals surface area contributed by atoms with Crippen molar-refractivity contribution in [1.82, 2.24) is 0 Å². The molecule has 0 aliphatic carbocycles. The zero-order chi connectivity index (χ0) is 14.3. The number of hydrogen-bond acceptors (Lipinski definition) is 4. The third-order valence-corrected chi connectivity index (χ3v) is 3.25. The van der Waals surface area contributed by atoms with Gasteiger partial charge in [0.15, 0.2) is 0 Å². The van der Waals surface area contributed by atoms with E-state index >= 15 is 0 Å². The normalized spacial score (nSPS) is 13.1. The zero-order valence-corrected chi connectivity index (χ0v) is 12.5. The first-order valence-corrected chi connectivity index (χ1v) is 7.56. The van der Waals surface area contributed by atoms with Crippen molar-refractivity contribution in [1.29, 1.82) is 0 Å². The summed E-state index contributed by atoms with van der Waals surface area (Å²) in [5, 5.41) is 4.36. The Morgan fingerprint density at radius 3 is 2.68 bits per heavy atom. The van der Waals surface area contributed by atoms with Crippen LogP contribution >= 0.6 is 23.4 Å². The van der Waals surface area contributed by atoms with E-state index in [1.54, 1.807) is 0 Å². The summed E-state index contributed by atoms with van der Waals surface area (Å²) in [5.74, 6) is 0.171. The van der Waals surface area contributed by atoms with Crippen LogP contribution in [0.25, 0.3) is 0 Å². The molecule has 0 saturated carbocycles. The molecule has 0 radical (unpaired) electrons. The van der Waals surface area contributed by atoms with Gasteiger partial charge in [-0.25, -0.2) is 4.79 Å². The average Bonchev–Trinajstić information content (AvgIpc) is 2.39. The number of amidine groups is 1. The van der Waals surface area contributed by atoms with Gasteiger partial charge in [-0.1, -0.05) is 35.8 Å². The molecular weight excluding hydrogens is 284 g/mol. The number of halogens is 1. The van der Waals surface area contributed by atoms with Crippen LogP contribution in [0.15, 0.2) is 29.4 Å². The molecule has 1 rings (SSSR count). The Morgan fingerprint density at radius 2 is 2.11 bits per heavy atom. The molecule has 1 aromatic carbocycles. The van der Waals surface area contributed by atoms with Gasteiger partial charge in [-0.2, -0.15) is 11.8 Å². The molecule has 1 atom stereocenters. The second-order valence-corrected chi connectivity index (χ2v) is 5.45. The van der Waals surface area contributed by atoms with E-state index in [9.17, 15) is 4.79 Å². The van der Waals surface area contributed by atoms with Crippen LogP contribution in [0.5, 0.6) is 0 Å². The van der Waals surface area contributed by atoms with E-state index in [0.29, 0.717) is 17.3 Å². The minimum atomic E-state index is -0.394. The van der Waals surface area contributed by atoms with Gasteiger partial charge in [-0.05, 0) is 30.4 Å². The van der Waals surface area contributed by atoms with Crippen molar-refractivity contribution in [3.63, 3.8) is 0 Å². The number of thioether (sulfide) groups is 1. The van der Waals surface area contributed by atoms with Crippen molar-refractivity contribution < 1.29 is 9.63 Å². The van der Waals surface area contributed by atoms with Gasteiger partial charge < -0.3 is 10.6 Å². The Hall–Kier alpha value is -1.20. The van der Waals surface area contributed by atoms with Crippen molar-refractivity contribution in [2.45, 2.75) is 13.3 Å². The highest BCUT2D eigenvalue weighted by molar-refractivity contribution is 7.99. The number of oxime groups is 1. The average molecular weight is 301 g/mol. The molecule has 0 spiro atoms. The second-order valence-electron chi connectivity index (χ2n) is 4.14. The second kappa shape index (κ2) is 8.07. The topological polar surface area (TPSA) is 64.7 Å². The maximum atomic E-state index is 11.1. The molecule has 19 heavy (non-hydrogen) atoms. The molecule has 104 valence electrons. The summed E-state index contributed by atoms with van der Waals surface area (Å²) in [7, 11) is 0. The maximum absolute atomic E-state index is 11.1. The molecule has 0 aliphatic heterocycles. The number of benzene rings is 1. The standard InChI is InChI=1S/C13H17ClN2O2S/c1-9(7-10-3-5-11(14)6-4-10)13(15)16-18-12(17)8-19-2/h3-6,9H,7-8H2,1-2H3,(H2,15,16)/t9-/m0/s1. The van der Waals surface area contributed by atoms with Crippen molar-refractivity contribution in [3.05, 3.63) is 34.9 Å². The van der Waals surface area contributed by atoms with Gasteiger partial charge in [0.05, 0.1) is 5.75 Å². The van der Waals surface area contributed by atoms with Crippen LogP contribution in [0.1, 0.15) is 12.5 Å².